The van der Waals surface area contributed by atoms with Crippen LogP contribution in [0.2, 0.25) is 0 Å². The number of rotatable bonds is 2. The Labute approximate surface area is 249 Å². The second-order valence-electron chi connectivity index (χ2n) is 12.1. The molecule has 6 aliphatic rings. The highest BCUT2D eigenvalue weighted by Gasteiger charge is 2.32. The molecule has 0 radical (unpaired) electrons. The van der Waals surface area contributed by atoms with Crippen LogP contribution in [0.15, 0.2) is 72.8 Å². The van der Waals surface area contributed by atoms with Crippen molar-refractivity contribution in [1.29, 1.82) is 0 Å². The summed E-state index contributed by atoms with van der Waals surface area (Å²) in [5.74, 6) is 3.53. The van der Waals surface area contributed by atoms with Crippen molar-refractivity contribution in [2.45, 2.75) is 44.2 Å². The van der Waals surface area contributed by atoms with Crippen LogP contribution in [0.1, 0.15) is 56.6 Å². The molecular formula is C37H40N2O3. The van der Waals surface area contributed by atoms with Crippen LogP contribution in [0.5, 0.6) is 23.0 Å². The average Bonchev–Trinajstić information content (AvgIpc) is 3.01. The average molecular weight is 561 g/mol. The van der Waals surface area contributed by atoms with E-state index < -0.39 is 0 Å². The molecule has 6 aliphatic heterocycles. The molecule has 0 saturated heterocycles. The molecule has 0 aliphatic carbocycles. The van der Waals surface area contributed by atoms with E-state index in [2.05, 4.69) is 96.7 Å². The van der Waals surface area contributed by atoms with E-state index in [1.165, 1.54) is 44.5 Å². The van der Waals surface area contributed by atoms with Crippen LogP contribution < -0.4 is 14.2 Å². The molecule has 42 heavy (non-hydrogen) atoms. The zero-order chi connectivity index (χ0) is 28.8. The minimum Gasteiger partial charge on any atom is -0.493 e. The highest BCUT2D eigenvalue weighted by molar-refractivity contribution is 5.58. The van der Waals surface area contributed by atoms with Crippen molar-refractivity contribution in [2.24, 2.45) is 0 Å². The fourth-order valence-corrected chi connectivity index (χ4v) is 7.34. The van der Waals surface area contributed by atoms with E-state index in [0.29, 0.717) is 0 Å². The predicted molar refractivity (Wildman–Crippen MR) is 167 cm³/mol. The Kier molecular flexibility index (Phi) is 7.17. The summed E-state index contributed by atoms with van der Waals surface area (Å²) in [7, 11) is 8.00. The molecule has 4 aromatic rings. The summed E-state index contributed by atoms with van der Waals surface area (Å²) in [6, 6.07) is 27.2. The van der Waals surface area contributed by atoms with E-state index in [1.54, 1.807) is 14.2 Å². The van der Waals surface area contributed by atoms with E-state index in [4.69, 9.17) is 14.2 Å². The van der Waals surface area contributed by atoms with Gasteiger partial charge in [-0.1, -0.05) is 48.5 Å². The molecule has 216 valence electrons. The van der Waals surface area contributed by atoms with Crippen molar-refractivity contribution in [3.05, 3.63) is 117 Å². The second kappa shape index (κ2) is 11.1. The minimum absolute atomic E-state index is 0.242. The van der Waals surface area contributed by atoms with Gasteiger partial charge in [-0.15, -0.1) is 0 Å². The summed E-state index contributed by atoms with van der Waals surface area (Å²) in [6.45, 7) is 2.06. The van der Waals surface area contributed by atoms with Gasteiger partial charge in [0.05, 0.1) is 14.2 Å². The van der Waals surface area contributed by atoms with Crippen molar-refractivity contribution >= 4 is 0 Å². The van der Waals surface area contributed by atoms with Gasteiger partial charge in [0.1, 0.15) is 11.5 Å². The number of hydrogen-bond acceptors (Lipinski definition) is 5. The van der Waals surface area contributed by atoms with E-state index in [0.717, 1.165) is 68.2 Å². The first-order valence-electron chi connectivity index (χ1n) is 15.2. The molecule has 0 fully saturated rings. The maximum atomic E-state index is 6.63. The summed E-state index contributed by atoms with van der Waals surface area (Å²) < 4.78 is 18.6. The lowest BCUT2D eigenvalue weighted by molar-refractivity contribution is 0.224. The highest BCUT2D eigenvalue weighted by Crippen LogP contribution is 2.45. The third-order valence-electron chi connectivity index (χ3n) is 9.67. The lowest BCUT2D eigenvalue weighted by Gasteiger charge is -2.37. The molecule has 4 bridgehead atoms. The molecule has 0 amide bonds. The van der Waals surface area contributed by atoms with Gasteiger partial charge in [0.15, 0.2) is 11.5 Å². The largest absolute Gasteiger partial charge is 0.493 e. The molecule has 0 aromatic heterocycles. The van der Waals surface area contributed by atoms with Crippen LogP contribution in [0.3, 0.4) is 0 Å². The van der Waals surface area contributed by atoms with Gasteiger partial charge in [-0.25, -0.2) is 0 Å². The molecule has 0 saturated carbocycles. The first-order chi connectivity index (χ1) is 20.5. The van der Waals surface area contributed by atoms with Gasteiger partial charge >= 0.3 is 0 Å². The monoisotopic (exact) mass is 560 g/mol. The third-order valence-corrected chi connectivity index (χ3v) is 9.67. The SMILES string of the molecule is COc1cc2c3c(c1OC)Cc1ccc(cc1)CC1c4c(cccc4Oc4ccc(cc4)CC3N(C)CC2)CCN1C. The van der Waals surface area contributed by atoms with Crippen LogP contribution in [-0.2, 0) is 32.1 Å². The highest BCUT2D eigenvalue weighted by atomic mass is 16.5. The van der Waals surface area contributed by atoms with Crippen LogP contribution in [0.4, 0.5) is 0 Å². The maximum Gasteiger partial charge on any atom is 0.164 e. The second-order valence-corrected chi connectivity index (χ2v) is 12.1. The molecule has 10 rings (SSSR count). The fourth-order valence-electron chi connectivity index (χ4n) is 7.34. The van der Waals surface area contributed by atoms with Gasteiger partial charge in [0.25, 0.3) is 0 Å². The summed E-state index contributed by atoms with van der Waals surface area (Å²) >= 11 is 0. The standard InChI is InChI=1S/C37H40N2O3/c1-38-19-17-28-23-34(40-3)37(41-4)30-20-24-8-10-25(11-9-24)22-32-36-27(16-18-39(32)2)6-5-7-33(36)42-29-14-12-26(13-15-29)21-31(38)35(28)30/h5-15,23,31-32H,16-22H2,1-4H3. The molecule has 6 heterocycles. The van der Waals surface area contributed by atoms with Crippen molar-refractivity contribution in [3.8, 4) is 23.0 Å². The molecule has 4 aromatic carbocycles. The van der Waals surface area contributed by atoms with Crippen LogP contribution >= 0.6 is 0 Å². The number of hydrogen-bond donors (Lipinski definition) is 0. The van der Waals surface area contributed by atoms with Crippen LogP contribution in [-0.4, -0.2) is 51.2 Å². The maximum absolute atomic E-state index is 6.63. The van der Waals surface area contributed by atoms with Crippen molar-refractivity contribution in [1.82, 2.24) is 9.80 Å². The topological polar surface area (TPSA) is 34.2 Å². The zero-order valence-electron chi connectivity index (χ0n) is 25.2. The van der Waals surface area contributed by atoms with Gasteiger partial charge in [-0.2, -0.15) is 0 Å². The van der Waals surface area contributed by atoms with Crippen molar-refractivity contribution in [2.75, 3.05) is 41.4 Å². The molecule has 0 N–H and O–H groups in total. The lowest BCUT2D eigenvalue weighted by atomic mass is 9.83. The summed E-state index contributed by atoms with van der Waals surface area (Å²) in [6.07, 6.45) is 4.69. The van der Waals surface area contributed by atoms with Gasteiger partial charge < -0.3 is 14.2 Å². The van der Waals surface area contributed by atoms with Crippen LogP contribution in [0.25, 0.3) is 0 Å². The first kappa shape index (κ1) is 27.1. The Bertz CT molecular complexity index is 1600. The molecule has 5 heteroatoms. The molecule has 2 unspecified atom stereocenters. The summed E-state index contributed by atoms with van der Waals surface area (Å²) in [4.78, 5) is 4.98. The van der Waals surface area contributed by atoms with E-state index in [-0.39, 0.29) is 12.1 Å². The number of methoxy groups -OCH3 is 2. The van der Waals surface area contributed by atoms with Crippen molar-refractivity contribution < 1.29 is 14.2 Å². The molecular weight excluding hydrogens is 520 g/mol. The number of likely N-dealkylation sites (N-methyl/N-ethyl adjacent to an activating group) is 2. The summed E-state index contributed by atoms with van der Waals surface area (Å²) in [5, 5.41) is 0. The Morgan fingerprint density at radius 2 is 1.31 bits per heavy atom. The Hall–Kier alpha value is -3.80. The molecule has 5 nitrogen and oxygen atoms in total. The third kappa shape index (κ3) is 4.85. The Morgan fingerprint density at radius 1 is 0.690 bits per heavy atom. The van der Waals surface area contributed by atoms with Crippen LogP contribution in [0, 0.1) is 0 Å². The number of ether oxygens (including phenoxy) is 3. The van der Waals surface area contributed by atoms with Gasteiger partial charge in [-0.3, -0.25) is 9.80 Å². The lowest BCUT2D eigenvalue weighted by Crippen LogP contribution is -2.34. The number of nitrogens with zero attached hydrogens (tertiary/aromatic N) is 2. The van der Waals surface area contributed by atoms with Gasteiger partial charge in [-0.05, 0) is 97.4 Å². The minimum atomic E-state index is 0.242. The normalized spacial score (nSPS) is 20.2. The molecule has 2 atom stereocenters. The smallest absolute Gasteiger partial charge is 0.164 e. The van der Waals surface area contributed by atoms with E-state index >= 15 is 0 Å². The first-order valence-corrected chi connectivity index (χ1v) is 15.2. The van der Waals surface area contributed by atoms with Gasteiger partial charge in [0.2, 0.25) is 0 Å². The Morgan fingerprint density at radius 3 is 1.98 bits per heavy atom. The molecule has 0 spiro atoms. The number of benzene rings is 4. The van der Waals surface area contributed by atoms with Crippen molar-refractivity contribution in [3.63, 3.8) is 0 Å². The fraction of sp³-hybridized carbons (Fsp3) is 0.351. The summed E-state index contributed by atoms with van der Waals surface area (Å²) in [5.41, 5.74) is 10.6. The predicted octanol–water partition coefficient (Wildman–Crippen LogP) is 6.94. The van der Waals surface area contributed by atoms with Gasteiger partial charge in [0, 0.05) is 42.7 Å². The Balaban J connectivity index is 1.38. The van der Waals surface area contributed by atoms with E-state index in [1.807, 2.05) is 0 Å². The zero-order valence-corrected chi connectivity index (χ0v) is 25.2. The van der Waals surface area contributed by atoms with E-state index in [9.17, 15) is 0 Å². The quantitative estimate of drug-likeness (QED) is 0.265.